The summed E-state index contributed by atoms with van der Waals surface area (Å²) in [6.45, 7) is 3.29. The highest BCUT2D eigenvalue weighted by molar-refractivity contribution is 7.47. The Balaban J connectivity index is 2.43. The van der Waals surface area contributed by atoms with Crippen molar-refractivity contribution >= 4 is 19.8 Å². The Morgan fingerprint density at radius 2 is 1.39 bits per heavy atom. The van der Waals surface area contributed by atoms with Crippen LogP contribution in [0.3, 0.4) is 0 Å². The number of carbonyl (C=O) groups is 2. The second-order valence-electron chi connectivity index (χ2n) is 14.8. The van der Waals surface area contributed by atoms with Gasteiger partial charge in [-0.05, 0) is 70.1 Å². The second-order valence-corrected chi connectivity index (χ2v) is 16.3. The number of ether oxygens (including phenoxy) is 2. The molecular weight excluding hydrogens is 737 g/mol. The van der Waals surface area contributed by atoms with E-state index in [1.165, 1.54) is 19.3 Å². The van der Waals surface area contributed by atoms with Gasteiger partial charge in [-0.25, -0.2) is 4.57 Å². The molecule has 12 nitrogen and oxygen atoms in total. The number of hydrogen-bond donors (Lipinski definition) is 5. The number of phosphoric acid groups is 1. The molecule has 56 heavy (non-hydrogen) atoms. The molecular formula is C43H76NO11P. The molecule has 0 aromatic rings. The molecule has 1 unspecified atom stereocenters. The SMILES string of the molecule is CCCCC/C=C\C/C=C\CCCCCCCC(=O)O[C@H](COC(=O)CCC/C=C/C[C@@H]1[C@@H](/C=C/[C@@H](O)CCCCC)[C@H](O)C[C@@H]1O)COP(=O)(O)OCCN. The lowest BCUT2D eigenvalue weighted by atomic mass is 9.89. The maximum atomic E-state index is 12.6. The van der Waals surface area contributed by atoms with Crippen LogP contribution in [-0.4, -0.2) is 82.9 Å². The highest BCUT2D eigenvalue weighted by Gasteiger charge is 2.39. The van der Waals surface area contributed by atoms with Crippen molar-refractivity contribution in [1.82, 2.24) is 0 Å². The summed E-state index contributed by atoms with van der Waals surface area (Å²) >= 11 is 0. The Hall–Kier alpha value is -2.15. The van der Waals surface area contributed by atoms with Gasteiger partial charge in [-0.15, -0.1) is 0 Å². The number of rotatable bonds is 35. The predicted octanol–water partition coefficient (Wildman–Crippen LogP) is 8.32. The number of hydrogen-bond acceptors (Lipinski definition) is 11. The predicted molar refractivity (Wildman–Crippen MR) is 221 cm³/mol. The molecule has 0 bridgehead atoms. The van der Waals surface area contributed by atoms with Crippen LogP contribution < -0.4 is 5.73 Å². The van der Waals surface area contributed by atoms with E-state index in [-0.39, 0.29) is 44.4 Å². The molecule has 1 aliphatic rings. The quantitative estimate of drug-likeness (QED) is 0.0178. The molecule has 0 spiro atoms. The van der Waals surface area contributed by atoms with Gasteiger partial charge in [0, 0.05) is 31.7 Å². The number of allylic oxidation sites excluding steroid dienone is 6. The number of aliphatic hydroxyl groups excluding tert-OH is 3. The zero-order valence-corrected chi connectivity index (χ0v) is 35.3. The fraction of sp³-hybridized carbons (Fsp3) is 0.767. The third kappa shape index (κ3) is 27.5. The Labute approximate surface area is 337 Å². The van der Waals surface area contributed by atoms with Crippen LogP contribution in [0.1, 0.15) is 149 Å². The number of phosphoric ester groups is 1. The number of esters is 2. The average molecular weight is 814 g/mol. The van der Waals surface area contributed by atoms with Gasteiger partial charge in [-0.3, -0.25) is 18.6 Å². The van der Waals surface area contributed by atoms with Crippen LogP contribution in [0, 0.1) is 11.8 Å². The molecule has 0 aromatic carbocycles. The second kappa shape index (κ2) is 33.8. The largest absolute Gasteiger partial charge is 0.472 e. The third-order valence-corrected chi connectivity index (χ3v) is 10.7. The van der Waals surface area contributed by atoms with Crippen molar-refractivity contribution in [3.8, 4) is 0 Å². The zero-order valence-electron chi connectivity index (χ0n) is 34.4. The Kier molecular flexibility index (Phi) is 31.3. The first-order valence-corrected chi connectivity index (χ1v) is 22.9. The van der Waals surface area contributed by atoms with Crippen molar-refractivity contribution in [1.29, 1.82) is 0 Å². The van der Waals surface area contributed by atoms with Gasteiger partial charge in [0.1, 0.15) is 6.61 Å². The molecule has 6 N–H and O–H groups in total. The van der Waals surface area contributed by atoms with E-state index in [9.17, 15) is 34.4 Å². The maximum Gasteiger partial charge on any atom is 0.472 e. The molecule has 324 valence electrons. The molecule has 1 saturated carbocycles. The summed E-state index contributed by atoms with van der Waals surface area (Å²) in [5, 5.41) is 31.3. The van der Waals surface area contributed by atoms with Crippen molar-refractivity contribution < 1.29 is 52.9 Å². The first-order chi connectivity index (χ1) is 27.0. The highest BCUT2D eigenvalue weighted by Crippen LogP contribution is 2.43. The molecule has 7 atom stereocenters. The molecule has 0 aliphatic heterocycles. The molecule has 0 amide bonds. The maximum absolute atomic E-state index is 12.6. The van der Waals surface area contributed by atoms with E-state index in [2.05, 4.69) is 38.2 Å². The Morgan fingerprint density at radius 1 is 0.768 bits per heavy atom. The monoisotopic (exact) mass is 814 g/mol. The molecule has 0 saturated heterocycles. The number of aliphatic hydroxyl groups is 3. The minimum absolute atomic E-state index is 0.0143. The van der Waals surface area contributed by atoms with Crippen molar-refractivity contribution in [3.05, 3.63) is 48.6 Å². The van der Waals surface area contributed by atoms with Gasteiger partial charge in [0.05, 0.1) is 31.5 Å². The lowest BCUT2D eigenvalue weighted by Crippen LogP contribution is -2.29. The highest BCUT2D eigenvalue weighted by atomic mass is 31.2. The Bertz CT molecular complexity index is 1180. The average Bonchev–Trinajstić information content (AvgIpc) is 3.44. The van der Waals surface area contributed by atoms with Gasteiger partial charge >= 0.3 is 19.8 Å². The van der Waals surface area contributed by atoms with Crippen molar-refractivity contribution in [2.75, 3.05) is 26.4 Å². The fourth-order valence-electron chi connectivity index (χ4n) is 6.48. The van der Waals surface area contributed by atoms with Crippen LogP contribution in [0.25, 0.3) is 0 Å². The van der Waals surface area contributed by atoms with E-state index in [0.717, 1.165) is 64.2 Å². The summed E-state index contributed by atoms with van der Waals surface area (Å²) in [5.74, 6) is -1.44. The van der Waals surface area contributed by atoms with E-state index in [4.69, 9.17) is 24.3 Å². The molecule has 13 heteroatoms. The van der Waals surface area contributed by atoms with Gasteiger partial charge in [0.25, 0.3) is 0 Å². The standard InChI is InChI=1S/C43H76NO11P/c1-3-5-7-8-9-10-11-12-13-14-15-16-17-18-24-28-43(49)55-37(35-54-56(50,51)53-32-31-44)34-52-42(48)27-23-20-19-22-26-38-39(41(47)33-40(38)46)30-29-36(45)25-21-6-4-2/h9-10,12-13,19,22,29-30,36-41,45-47H,3-8,11,14-18,20-21,23-28,31-35,44H2,1-2H3,(H,50,51)/b10-9-,13-12-,22-19+,30-29+/t36-,37+,38+,39+,40-,41+/m0/s1. The molecule has 0 heterocycles. The normalized spacial score (nSPS) is 21.1. The van der Waals surface area contributed by atoms with E-state index < -0.39 is 50.8 Å². The van der Waals surface area contributed by atoms with Gasteiger partial charge in [-0.1, -0.05) is 114 Å². The van der Waals surface area contributed by atoms with Crippen LogP contribution in [0.5, 0.6) is 0 Å². The fourth-order valence-corrected chi connectivity index (χ4v) is 7.25. The van der Waals surface area contributed by atoms with E-state index in [1.54, 1.807) is 6.08 Å². The van der Waals surface area contributed by atoms with Crippen LogP contribution in [-0.2, 0) is 32.7 Å². The third-order valence-electron chi connectivity index (χ3n) is 9.76. The van der Waals surface area contributed by atoms with Gasteiger partial charge in [-0.2, -0.15) is 0 Å². The zero-order chi connectivity index (χ0) is 41.3. The van der Waals surface area contributed by atoms with Crippen LogP contribution >= 0.6 is 7.82 Å². The lowest BCUT2D eigenvalue weighted by molar-refractivity contribution is -0.161. The van der Waals surface area contributed by atoms with Crippen molar-refractivity contribution in [2.24, 2.45) is 17.6 Å². The van der Waals surface area contributed by atoms with E-state index >= 15 is 0 Å². The Morgan fingerprint density at radius 3 is 2.11 bits per heavy atom. The summed E-state index contributed by atoms with van der Waals surface area (Å²) in [6.07, 6.45) is 30.9. The molecule has 1 aliphatic carbocycles. The smallest absolute Gasteiger partial charge is 0.462 e. The van der Waals surface area contributed by atoms with Crippen molar-refractivity contribution in [2.45, 2.75) is 173 Å². The van der Waals surface area contributed by atoms with E-state index in [0.29, 0.717) is 38.5 Å². The summed E-state index contributed by atoms with van der Waals surface area (Å²) < 4.78 is 32.7. The minimum atomic E-state index is -4.44. The van der Waals surface area contributed by atoms with Gasteiger partial charge < -0.3 is 35.4 Å². The van der Waals surface area contributed by atoms with Gasteiger partial charge in [0.15, 0.2) is 6.10 Å². The number of carbonyl (C=O) groups excluding carboxylic acids is 2. The van der Waals surface area contributed by atoms with Crippen LogP contribution in [0.2, 0.25) is 0 Å². The minimum Gasteiger partial charge on any atom is -0.462 e. The van der Waals surface area contributed by atoms with Crippen LogP contribution in [0.15, 0.2) is 48.6 Å². The summed E-state index contributed by atoms with van der Waals surface area (Å²) in [7, 11) is -4.44. The topological polar surface area (TPSA) is 195 Å². The number of nitrogens with two attached hydrogens (primary N) is 1. The van der Waals surface area contributed by atoms with E-state index in [1.807, 2.05) is 18.2 Å². The van der Waals surface area contributed by atoms with Gasteiger partial charge in [0.2, 0.25) is 0 Å². The van der Waals surface area contributed by atoms with Crippen LogP contribution in [0.4, 0.5) is 0 Å². The molecule has 0 radical (unpaired) electrons. The molecule has 0 aromatic heterocycles. The molecule has 1 fully saturated rings. The summed E-state index contributed by atoms with van der Waals surface area (Å²) in [4.78, 5) is 35.0. The first-order valence-electron chi connectivity index (χ1n) is 21.4. The lowest BCUT2D eigenvalue weighted by Gasteiger charge is -2.20. The first kappa shape index (κ1) is 51.9. The number of unbranched alkanes of at least 4 members (excludes halogenated alkanes) is 11. The summed E-state index contributed by atoms with van der Waals surface area (Å²) in [5.41, 5.74) is 5.34. The van der Waals surface area contributed by atoms with Crippen molar-refractivity contribution in [3.63, 3.8) is 0 Å². The summed E-state index contributed by atoms with van der Waals surface area (Å²) in [6, 6.07) is 0. The molecule has 1 rings (SSSR count).